The smallest absolute Gasteiger partial charge is 0.297 e. The van der Waals surface area contributed by atoms with Crippen LogP contribution in [0.2, 0.25) is 0 Å². The molecule has 0 aliphatic rings. The van der Waals surface area contributed by atoms with Gasteiger partial charge in [-0.3, -0.25) is 0 Å². The standard InChI is InChI=1S/C10H13N5O3S/c1-2-11-7-8-3-4-9(18-8)19(16,17)15-10-12-5-6-13-14-10/h3-6,11H,2,7H2,1H3,(H,12,14,15). The number of rotatable bonds is 6. The zero-order chi connectivity index (χ0) is 13.7. The highest BCUT2D eigenvalue weighted by molar-refractivity contribution is 7.92. The average Bonchev–Trinajstić information content (AvgIpc) is 2.86. The van der Waals surface area contributed by atoms with Crippen LogP contribution in [0.4, 0.5) is 5.95 Å². The Balaban J connectivity index is 2.13. The van der Waals surface area contributed by atoms with Crippen LogP contribution in [0.5, 0.6) is 0 Å². The number of hydrogen-bond acceptors (Lipinski definition) is 7. The summed E-state index contributed by atoms with van der Waals surface area (Å²) in [5, 5.41) is 9.92. The van der Waals surface area contributed by atoms with E-state index in [1.54, 1.807) is 6.07 Å². The van der Waals surface area contributed by atoms with Gasteiger partial charge in [-0.2, -0.15) is 13.5 Å². The molecule has 0 amide bonds. The number of anilines is 1. The molecule has 0 aromatic carbocycles. The topological polar surface area (TPSA) is 110 Å². The van der Waals surface area contributed by atoms with Gasteiger partial charge in [0.05, 0.1) is 18.9 Å². The van der Waals surface area contributed by atoms with Gasteiger partial charge in [0.15, 0.2) is 0 Å². The molecule has 0 saturated carbocycles. The normalized spacial score (nSPS) is 11.4. The van der Waals surface area contributed by atoms with Crippen molar-refractivity contribution in [1.29, 1.82) is 0 Å². The minimum absolute atomic E-state index is 0.105. The van der Waals surface area contributed by atoms with Gasteiger partial charge in [0.1, 0.15) is 5.76 Å². The molecule has 0 aliphatic carbocycles. The van der Waals surface area contributed by atoms with Crippen molar-refractivity contribution in [3.05, 3.63) is 30.3 Å². The van der Waals surface area contributed by atoms with Gasteiger partial charge >= 0.3 is 0 Å². The molecule has 2 aromatic rings. The molecular weight excluding hydrogens is 270 g/mol. The van der Waals surface area contributed by atoms with Crippen LogP contribution in [0.15, 0.2) is 34.0 Å². The summed E-state index contributed by atoms with van der Waals surface area (Å²) in [7, 11) is -3.83. The first-order chi connectivity index (χ1) is 9.12. The SMILES string of the molecule is CCNCc1ccc(S(=O)(=O)Nc2nccnn2)o1. The van der Waals surface area contributed by atoms with Gasteiger partial charge in [-0.15, -0.1) is 5.10 Å². The van der Waals surface area contributed by atoms with Crippen LogP contribution in [0.3, 0.4) is 0 Å². The third-order valence-corrected chi connectivity index (χ3v) is 3.36. The number of nitrogens with zero attached hydrogens (tertiary/aromatic N) is 3. The van der Waals surface area contributed by atoms with E-state index in [2.05, 4.69) is 25.2 Å². The first kappa shape index (κ1) is 13.4. The lowest BCUT2D eigenvalue weighted by molar-refractivity contribution is 0.405. The molecule has 102 valence electrons. The van der Waals surface area contributed by atoms with Crippen LogP contribution in [-0.4, -0.2) is 30.1 Å². The summed E-state index contributed by atoms with van der Waals surface area (Å²) in [5.74, 6) is 0.432. The van der Waals surface area contributed by atoms with Gasteiger partial charge in [0.25, 0.3) is 16.0 Å². The second-order valence-electron chi connectivity index (χ2n) is 3.57. The molecule has 19 heavy (non-hydrogen) atoms. The van der Waals surface area contributed by atoms with Crippen molar-refractivity contribution in [3.8, 4) is 0 Å². The molecule has 0 bridgehead atoms. The second-order valence-corrected chi connectivity index (χ2v) is 5.19. The fourth-order valence-corrected chi connectivity index (χ4v) is 2.21. The third kappa shape index (κ3) is 3.48. The van der Waals surface area contributed by atoms with Crippen molar-refractivity contribution in [2.24, 2.45) is 0 Å². The Morgan fingerprint density at radius 2 is 2.16 bits per heavy atom. The molecule has 9 heteroatoms. The Kier molecular flexibility index (Phi) is 4.07. The highest BCUT2D eigenvalue weighted by Gasteiger charge is 2.20. The maximum Gasteiger partial charge on any atom is 0.297 e. The molecule has 8 nitrogen and oxygen atoms in total. The highest BCUT2D eigenvalue weighted by atomic mass is 32.2. The van der Waals surface area contributed by atoms with Gasteiger partial charge in [0, 0.05) is 0 Å². The molecule has 0 atom stereocenters. The van der Waals surface area contributed by atoms with Crippen LogP contribution in [0.1, 0.15) is 12.7 Å². The zero-order valence-corrected chi connectivity index (χ0v) is 11.0. The summed E-state index contributed by atoms with van der Waals surface area (Å²) in [4.78, 5) is 3.73. The summed E-state index contributed by atoms with van der Waals surface area (Å²) in [6.07, 6.45) is 2.68. The van der Waals surface area contributed by atoms with Crippen LogP contribution in [0, 0.1) is 0 Å². The van der Waals surface area contributed by atoms with Gasteiger partial charge in [0.2, 0.25) is 5.09 Å². The fraction of sp³-hybridized carbons (Fsp3) is 0.300. The van der Waals surface area contributed by atoms with Crippen LogP contribution >= 0.6 is 0 Å². The maximum absolute atomic E-state index is 12.0. The molecule has 2 heterocycles. The minimum atomic E-state index is -3.83. The summed E-state index contributed by atoms with van der Waals surface area (Å²) in [6.45, 7) is 3.18. The largest absolute Gasteiger partial charge is 0.446 e. The van der Waals surface area contributed by atoms with Crippen molar-refractivity contribution in [1.82, 2.24) is 20.5 Å². The van der Waals surface area contributed by atoms with E-state index in [0.717, 1.165) is 6.54 Å². The van der Waals surface area contributed by atoms with E-state index in [9.17, 15) is 8.42 Å². The molecule has 0 spiro atoms. The predicted octanol–water partition coefficient (Wildman–Crippen LogP) is 0.375. The lowest BCUT2D eigenvalue weighted by atomic mass is 10.4. The zero-order valence-electron chi connectivity index (χ0n) is 10.2. The Bertz CT molecular complexity index is 626. The Morgan fingerprint density at radius 3 is 2.84 bits per heavy atom. The van der Waals surface area contributed by atoms with E-state index in [1.807, 2.05) is 6.92 Å². The van der Waals surface area contributed by atoms with Crippen molar-refractivity contribution in [3.63, 3.8) is 0 Å². The van der Waals surface area contributed by atoms with Gasteiger partial charge in [-0.05, 0) is 18.7 Å². The summed E-state index contributed by atoms with van der Waals surface area (Å²) >= 11 is 0. The highest BCUT2D eigenvalue weighted by Crippen LogP contribution is 2.16. The van der Waals surface area contributed by atoms with E-state index < -0.39 is 10.0 Å². The van der Waals surface area contributed by atoms with Crippen molar-refractivity contribution in [2.45, 2.75) is 18.6 Å². The quantitative estimate of drug-likeness (QED) is 0.788. The average molecular weight is 283 g/mol. The van der Waals surface area contributed by atoms with Crippen LogP contribution in [-0.2, 0) is 16.6 Å². The van der Waals surface area contributed by atoms with Crippen LogP contribution < -0.4 is 10.0 Å². The predicted molar refractivity (Wildman–Crippen MR) is 66.7 cm³/mol. The molecule has 0 aliphatic heterocycles. The number of nitrogens with one attached hydrogen (secondary N) is 2. The summed E-state index contributed by atoms with van der Waals surface area (Å²) in [5.41, 5.74) is 0. The fourth-order valence-electron chi connectivity index (χ4n) is 1.31. The Hall–Kier alpha value is -2.00. The lowest BCUT2D eigenvalue weighted by Crippen LogP contribution is -2.15. The molecule has 0 saturated heterocycles. The van der Waals surface area contributed by atoms with Gasteiger partial charge < -0.3 is 9.73 Å². The van der Waals surface area contributed by atoms with Crippen LogP contribution in [0.25, 0.3) is 0 Å². The third-order valence-electron chi connectivity index (χ3n) is 2.16. The second kappa shape index (κ2) is 5.76. The lowest BCUT2D eigenvalue weighted by Gasteiger charge is -2.02. The summed E-state index contributed by atoms with van der Waals surface area (Å²) in [6, 6.07) is 2.98. The monoisotopic (exact) mass is 283 g/mol. The van der Waals surface area contributed by atoms with E-state index >= 15 is 0 Å². The number of hydrogen-bond donors (Lipinski definition) is 2. The van der Waals surface area contributed by atoms with E-state index in [4.69, 9.17) is 4.42 Å². The van der Waals surface area contributed by atoms with Gasteiger partial charge in [-0.1, -0.05) is 6.92 Å². The van der Waals surface area contributed by atoms with Gasteiger partial charge in [-0.25, -0.2) is 9.71 Å². The number of aromatic nitrogens is 3. The maximum atomic E-state index is 12.0. The molecule has 2 N–H and O–H groups in total. The molecule has 0 fully saturated rings. The molecule has 0 unspecified atom stereocenters. The Morgan fingerprint density at radius 1 is 1.32 bits per heavy atom. The summed E-state index contributed by atoms with van der Waals surface area (Å²) < 4.78 is 31.3. The Labute approximate surface area is 110 Å². The number of sulfonamides is 1. The molecule has 0 radical (unpaired) electrons. The van der Waals surface area contributed by atoms with Crippen molar-refractivity contribution in [2.75, 3.05) is 11.3 Å². The van der Waals surface area contributed by atoms with E-state index in [0.29, 0.717) is 12.3 Å². The van der Waals surface area contributed by atoms with E-state index in [1.165, 1.54) is 18.5 Å². The van der Waals surface area contributed by atoms with E-state index in [-0.39, 0.29) is 11.0 Å². The first-order valence-electron chi connectivity index (χ1n) is 5.58. The van der Waals surface area contributed by atoms with Crippen molar-refractivity contribution < 1.29 is 12.8 Å². The first-order valence-corrected chi connectivity index (χ1v) is 7.06. The van der Waals surface area contributed by atoms with Crippen molar-refractivity contribution >= 4 is 16.0 Å². The molecule has 2 rings (SSSR count). The minimum Gasteiger partial charge on any atom is -0.446 e. The number of furan rings is 1. The molecular formula is C10H13N5O3S. The molecule has 2 aromatic heterocycles.